The Bertz CT molecular complexity index is 430. The lowest BCUT2D eigenvalue weighted by Crippen LogP contribution is -2.31. The summed E-state index contributed by atoms with van der Waals surface area (Å²) in [6.45, 7) is 2.42. The van der Waals surface area contributed by atoms with E-state index in [9.17, 15) is 9.59 Å². The Hall–Kier alpha value is -1.91. The number of amides is 2. The maximum absolute atomic E-state index is 11.2. The highest BCUT2D eigenvalue weighted by molar-refractivity contribution is 6.12. The number of aryl methyl sites for hydroxylation is 2. The highest BCUT2D eigenvalue weighted by atomic mass is 16.2. The lowest BCUT2D eigenvalue weighted by atomic mass is 10.1. The van der Waals surface area contributed by atoms with Crippen LogP contribution >= 0.6 is 0 Å². The first kappa shape index (κ1) is 10.6. The molecular weight excluding hydrogens is 206 g/mol. The SMILES string of the molecule is Cc1[nH]ncc1CCCN1C(=O)C=CC1=O. The highest BCUT2D eigenvalue weighted by Gasteiger charge is 2.22. The van der Waals surface area contributed by atoms with E-state index in [2.05, 4.69) is 10.2 Å². The zero-order chi connectivity index (χ0) is 11.5. The first-order valence-corrected chi connectivity index (χ1v) is 5.21. The quantitative estimate of drug-likeness (QED) is 0.753. The third-order valence-corrected chi connectivity index (χ3v) is 2.66. The first-order chi connectivity index (χ1) is 7.68. The number of hydrogen-bond acceptors (Lipinski definition) is 3. The van der Waals surface area contributed by atoms with Gasteiger partial charge >= 0.3 is 0 Å². The Morgan fingerprint density at radius 1 is 1.31 bits per heavy atom. The summed E-state index contributed by atoms with van der Waals surface area (Å²) >= 11 is 0. The summed E-state index contributed by atoms with van der Waals surface area (Å²) in [5, 5.41) is 6.77. The molecule has 2 amide bonds. The zero-order valence-corrected chi connectivity index (χ0v) is 9.06. The van der Waals surface area contributed by atoms with Gasteiger partial charge in [0.15, 0.2) is 0 Å². The lowest BCUT2D eigenvalue weighted by molar-refractivity contribution is -0.136. The van der Waals surface area contributed by atoms with Gasteiger partial charge in [-0.25, -0.2) is 0 Å². The van der Waals surface area contributed by atoms with Gasteiger partial charge in [-0.2, -0.15) is 5.10 Å². The maximum atomic E-state index is 11.2. The third kappa shape index (κ3) is 2.03. The van der Waals surface area contributed by atoms with Crippen LogP contribution in [0, 0.1) is 6.92 Å². The number of imide groups is 1. The number of aromatic nitrogens is 2. The molecule has 0 unspecified atom stereocenters. The summed E-state index contributed by atoms with van der Waals surface area (Å²) < 4.78 is 0. The summed E-state index contributed by atoms with van der Waals surface area (Å²) in [5.41, 5.74) is 2.17. The van der Waals surface area contributed by atoms with Crippen molar-refractivity contribution in [3.05, 3.63) is 29.6 Å². The molecule has 84 valence electrons. The van der Waals surface area contributed by atoms with Gasteiger partial charge in [-0.1, -0.05) is 0 Å². The fourth-order valence-electron chi connectivity index (χ4n) is 1.71. The molecule has 5 heteroatoms. The van der Waals surface area contributed by atoms with Crippen LogP contribution in [-0.4, -0.2) is 33.5 Å². The number of aromatic amines is 1. The summed E-state index contributed by atoms with van der Waals surface area (Å²) in [6.07, 6.45) is 5.98. The van der Waals surface area contributed by atoms with Gasteiger partial charge in [0, 0.05) is 24.4 Å². The van der Waals surface area contributed by atoms with Crippen molar-refractivity contribution in [1.29, 1.82) is 0 Å². The summed E-state index contributed by atoms with van der Waals surface area (Å²) in [6, 6.07) is 0. The molecule has 1 aliphatic rings. The number of carbonyl (C=O) groups is 2. The standard InChI is InChI=1S/C11H13N3O2/c1-8-9(7-12-13-8)3-2-6-14-10(15)4-5-11(14)16/h4-5,7H,2-3,6H2,1H3,(H,12,13). The average molecular weight is 219 g/mol. The van der Waals surface area contributed by atoms with Crippen LogP contribution in [-0.2, 0) is 16.0 Å². The van der Waals surface area contributed by atoms with E-state index in [0.29, 0.717) is 6.54 Å². The van der Waals surface area contributed by atoms with Gasteiger partial charge in [0.1, 0.15) is 0 Å². The van der Waals surface area contributed by atoms with E-state index >= 15 is 0 Å². The van der Waals surface area contributed by atoms with Crippen molar-refractivity contribution in [2.75, 3.05) is 6.54 Å². The molecule has 0 atom stereocenters. The van der Waals surface area contributed by atoms with E-state index in [0.717, 1.165) is 24.1 Å². The zero-order valence-electron chi connectivity index (χ0n) is 9.06. The molecule has 0 saturated carbocycles. The summed E-state index contributed by atoms with van der Waals surface area (Å²) in [4.78, 5) is 23.7. The van der Waals surface area contributed by atoms with E-state index in [4.69, 9.17) is 0 Å². The van der Waals surface area contributed by atoms with Crippen LogP contribution in [0.25, 0.3) is 0 Å². The minimum Gasteiger partial charge on any atom is -0.283 e. The molecular formula is C11H13N3O2. The molecule has 0 radical (unpaired) electrons. The van der Waals surface area contributed by atoms with Gasteiger partial charge < -0.3 is 0 Å². The Balaban J connectivity index is 1.83. The fraction of sp³-hybridized carbons (Fsp3) is 0.364. The first-order valence-electron chi connectivity index (χ1n) is 5.21. The van der Waals surface area contributed by atoms with E-state index in [1.807, 2.05) is 6.92 Å². The van der Waals surface area contributed by atoms with Crippen molar-refractivity contribution >= 4 is 11.8 Å². The van der Waals surface area contributed by atoms with Crippen molar-refractivity contribution in [2.45, 2.75) is 19.8 Å². The number of nitrogens with one attached hydrogen (secondary N) is 1. The second-order valence-electron chi connectivity index (χ2n) is 3.79. The van der Waals surface area contributed by atoms with Crippen LogP contribution < -0.4 is 0 Å². The van der Waals surface area contributed by atoms with Crippen molar-refractivity contribution in [3.8, 4) is 0 Å². The number of H-pyrrole nitrogens is 1. The molecule has 0 bridgehead atoms. The second kappa shape index (κ2) is 4.30. The Morgan fingerprint density at radius 2 is 2.00 bits per heavy atom. The van der Waals surface area contributed by atoms with Crippen molar-refractivity contribution in [3.63, 3.8) is 0 Å². The minimum atomic E-state index is -0.214. The van der Waals surface area contributed by atoms with Crippen LogP contribution in [0.4, 0.5) is 0 Å². The van der Waals surface area contributed by atoms with E-state index < -0.39 is 0 Å². The third-order valence-electron chi connectivity index (χ3n) is 2.66. The van der Waals surface area contributed by atoms with Crippen LogP contribution in [0.5, 0.6) is 0 Å². The number of hydrogen-bond donors (Lipinski definition) is 1. The summed E-state index contributed by atoms with van der Waals surface area (Å²) in [5.74, 6) is -0.428. The molecule has 1 aliphatic heterocycles. The molecule has 0 saturated heterocycles. The lowest BCUT2D eigenvalue weighted by Gasteiger charge is -2.12. The summed E-state index contributed by atoms with van der Waals surface area (Å²) in [7, 11) is 0. The van der Waals surface area contributed by atoms with Crippen LogP contribution in [0.15, 0.2) is 18.3 Å². The van der Waals surface area contributed by atoms with Crippen molar-refractivity contribution in [1.82, 2.24) is 15.1 Å². The predicted molar refractivity (Wildman–Crippen MR) is 57.5 cm³/mol. The Labute approximate surface area is 93.1 Å². The largest absolute Gasteiger partial charge is 0.283 e. The van der Waals surface area contributed by atoms with E-state index in [1.54, 1.807) is 6.20 Å². The monoisotopic (exact) mass is 219 g/mol. The van der Waals surface area contributed by atoms with Gasteiger partial charge in [-0.05, 0) is 25.3 Å². The fourth-order valence-corrected chi connectivity index (χ4v) is 1.71. The topological polar surface area (TPSA) is 66.1 Å². The predicted octanol–water partition coefficient (Wildman–Crippen LogP) is 0.576. The molecule has 1 aromatic rings. The molecule has 2 heterocycles. The molecule has 0 aliphatic carbocycles. The second-order valence-corrected chi connectivity index (χ2v) is 3.79. The van der Waals surface area contributed by atoms with Crippen LogP contribution in [0.2, 0.25) is 0 Å². The molecule has 0 fully saturated rings. The van der Waals surface area contributed by atoms with E-state index in [1.165, 1.54) is 17.1 Å². The van der Waals surface area contributed by atoms with Gasteiger partial charge in [0.25, 0.3) is 11.8 Å². The van der Waals surface area contributed by atoms with Gasteiger partial charge in [0.2, 0.25) is 0 Å². The maximum Gasteiger partial charge on any atom is 0.253 e. The van der Waals surface area contributed by atoms with Gasteiger partial charge in [0.05, 0.1) is 6.20 Å². The average Bonchev–Trinajstić information content (AvgIpc) is 2.79. The van der Waals surface area contributed by atoms with E-state index in [-0.39, 0.29) is 11.8 Å². The Morgan fingerprint density at radius 3 is 2.56 bits per heavy atom. The molecule has 16 heavy (non-hydrogen) atoms. The molecule has 5 nitrogen and oxygen atoms in total. The molecule has 1 aromatic heterocycles. The van der Waals surface area contributed by atoms with Crippen LogP contribution in [0.3, 0.4) is 0 Å². The Kier molecular flexibility index (Phi) is 2.85. The highest BCUT2D eigenvalue weighted by Crippen LogP contribution is 2.09. The van der Waals surface area contributed by atoms with Gasteiger partial charge in [-0.3, -0.25) is 19.6 Å². The minimum absolute atomic E-state index is 0.214. The normalized spacial score (nSPS) is 15.2. The molecule has 2 rings (SSSR count). The van der Waals surface area contributed by atoms with Crippen LogP contribution in [0.1, 0.15) is 17.7 Å². The molecule has 0 aromatic carbocycles. The van der Waals surface area contributed by atoms with Gasteiger partial charge in [-0.15, -0.1) is 0 Å². The molecule has 0 spiro atoms. The molecule has 1 N–H and O–H groups in total. The number of rotatable bonds is 4. The number of nitrogens with zero attached hydrogens (tertiary/aromatic N) is 2. The van der Waals surface area contributed by atoms with Crippen molar-refractivity contribution in [2.24, 2.45) is 0 Å². The smallest absolute Gasteiger partial charge is 0.253 e. The number of carbonyl (C=O) groups excluding carboxylic acids is 2. The van der Waals surface area contributed by atoms with Crippen molar-refractivity contribution < 1.29 is 9.59 Å².